The van der Waals surface area contributed by atoms with E-state index in [1.807, 2.05) is 6.07 Å². The van der Waals surface area contributed by atoms with Gasteiger partial charge in [0.05, 0.1) is 14.1 Å². The van der Waals surface area contributed by atoms with Crippen molar-refractivity contribution in [3.05, 3.63) is 19.2 Å². The van der Waals surface area contributed by atoms with Crippen molar-refractivity contribution < 1.29 is 9.90 Å². The number of Topliss-reactive ketones (excluding diaryl/α,β-unsaturated/α-hetero) is 1. The summed E-state index contributed by atoms with van der Waals surface area (Å²) in [5, 5.41) is 9.06. The van der Waals surface area contributed by atoms with Crippen LogP contribution in [0, 0.1) is 5.92 Å². The lowest BCUT2D eigenvalue weighted by Crippen LogP contribution is -2.28. The maximum atomic E-state index is 12.1. The molecule has 1 fully saturated rings. The zero-order valence-electron chi connectivity index (χ0n) is 9.16. The fourth-order valence-corrected chi connectivity index (χ4v) is 4.88. The third-order valence-electron chi connectivity index (χ3n) is 2.95. The van der Waals surface area contributed by atoms with Crippen LogP contribution >= 0.6 is 43.2 Å². The quantitative estimate of drug-likeness (QED) is 0.814. The van der Waals surface area contributed by atoms with E-state index < -0.39 is 0 Å². The smallest absolute Gasteiger partial charge is 0.178 e. The number of halogens is 2. The molecular formula is C11H13Br2NO2S. The third kappa shape index (κ3) is 3.38. The van der Waals surface area contributed by atoms with Gasteiger partial charge in [0, 0.05) is 18.7 Å². The maximum Gasteiger partial charge on any atom is 0.178 e. The number of likely N-dealkylation sites (tertiary alicyclic amines) is 1. The number of aliphatic hydroxyl groups excluding tert-OH is 1. The van der Waals surface area contributed by atoms with Crippen LogP contribution in [0.2, 0.25) is 0 Å². The van der Waals surface area contributed by atoms with Crippen LogP contribution in [0.1, 0.15) is 16.8 Å². The highest BCUT2D eigenvalue weighted by Gasteiger charge is 2.24. The summed E-state index contributed by atoms with van der Waals surface area (Å²) in [5.74, 6) is 0.470. The second kappa shape index (κ2) is 5.93. The molecule has 6 heteroatoms. The fraction of sp³-hybridized carbons (Fsp3) is 0.545. The molecule has 1 aromatic heterocycles. The molecule has 1 N–H and O–H groups in total. The van der Waals surface area contributed by atoms with E-state index in [1.165, 1.54) is 11.3 Å². The molecule has 0 aliphatic carbocycles. The standard InChI is InChI=1S/C11H13Br2NO2S/c12-10-3-8(11(13)17-10)9(16)5-14-2-1-7(4-14)6-15/h3,7,15H,1-2,4-6H2. The number of ketones is 1. The molecular weight excluding hydrogens is 370 g/mol. The molecule has 1 aromatic rings. The lowest BCUT2D eigenvalue weighted by atomic mass is 10.1. The summed E-state index contributed by atoms with van der Waals surface area (Å²) in [6.45, 7) is 2.39. The number of nitrogens with zero attached hydrogens (tertiary/aromatic N) is 1. The molecule has 1 unspecified atom stereocenters. The lowest BCUT2D eigenvalue weighted by molar-refractivity contribution is 0.0940. The van der Waals surface area contributed by atoms with Gasteiger partial charge in [0.25, 0.3) is 0 Å². The molecule has 0 saturated carbocycles. The largest absolute Gasteiger partial charge is 0.396 e. The van der Waals surface area contributed by atoms with Crippen molar-refractivity contribution in [3.63, 3.8) is 0 Å². The molecule has 3 nitrogen and oxygen atoms in total. The Morgan fingerprint density at radius 3 is 2.88 bits per heavy atom. The van der Waals surface area contributed by atoms with Crippen molar-refractivity contribution >= 4 is 49.0 Å². The van der Waals surface area contributed by atoms with Crippen LogP contribution in [-0.4, -0.2) is 42.0 Å². The number of carbonyl (C=O) groups is 1. The van der Waals surface area contributed by atoms with Gasteiger partial charge in [-0.2, -0.15) is 0 Å². The van der Waals surface area contributed by atoms with Gasteiger partial charge in [0.1, 0.15) is 0 Å². The van der Waals surface area contributed by atoms with E-state index in [0.717, 1.165) is 32.6 Å². The van der Waals surface area contributed by atoms with Gasteiger partial charge in [-0.15, -0.1) is 11.3 Å². The van der Waals surface area contributed by atoms with Crippen LogP contribution in [-0.2, 0) is 0 Å². The third-order valence-corrected chi connectivity index (χ3v) is 5.29. The van der Waals surface area contributed by atoms with Gasteiger partial charge in [-0.25, -0.2) is 0 Å². The first-order valence-electron chi connectivity index (χ1n) is 5.41. The van der Waals surface area contributed by atoms with Crippen molar-refractivity contribution in [2.24, 2.45) is 5.92 Å². The van der Waals surface area contributed by atoms with Gasteiger partial charge in [-0.3, -0.25) is 9.69 Å². The number of hydrogen-bond donors (Lipinski definition) is 1. The molecule has 0 radical (unpaired) electrons. The molecule has 2 heterocycles. The van der Waals surface area contributed by atoms with Crippen molar-refractivity contribution in [2.75, 3.05) is 26.2 Å². The van der Waals surface area contributed by atoms with E-state index in [9.17, 15) is 4.79 Å². The number of hydrogen-bond acceptors (Lipinski definition) is 4. The highest BCUT2D eigenvalue weighted by Crippen LogP contribution is 2.32. The Hall–Kier alpha value is 0.250. The second-order valence-corrected chi connectivity index (χ2v) is 7.98. The summed E-state index contributed by atoms with van der Waals surface area (Å²) in [5.41, 5.74) is 0.745. The van der Waals surface area contributed by atoms with E-state index in [4.69, 9.17) is 5.11 Å². The molecule has 1 aliphatic rings. The highest BCUT2D eigenvalue weighted by atomic mass is 79.9. The molecule has 0 bridgehead atoms. The van der Waals surface area contributed by atoms with Gasteiger partial charge in [-0.1, -0.05) is 0 Å². The maximum absolute atomic E-state index is 12.1. The minimum Gasteiger partial charge on any atom is -0.396 e. The number of thiophene rings is 1. The summed E-state index contributed by atoms with van der Waals surface area (Å²) >= 11 is 8.29. The van der Waals surface area contributed by atoms with Crippen LogP contribution in [0.25, 0.3) is 0 Å². The predicted molar refractivity (Wildman–Crippen MR) is 75.7 cm³/mol. The molecule has 1 saturated heterocycles. The predicted octanol–water partition coefficient (Wildman–Crippen LogP) is 2.77. The summed E-state index contributed by atoms with van der Waals surface area (Å²) < 4.78 is 1.84. The Labute approximate surface area is 121 Å². The van der Waals surface area contributed by atoms with E-state index in [-0.39, 0.29) is 12.4 Å². The molecule has 2 rings (SSSR count). The lowest BCUT2D eigenvalue weighted by Gasteiger charge is -2.13. The highest BCUT2D eigenvalue weighted by molar-refractivity contribution is 9.12. The molecule has 0 amide bonds. The summed E-state index contributed by atoms with van der Waals surface area (Å²) in [4.78, 5) is 14.2. The van der Waals surface area contributed by atoms with Crippen molar-refractivity contribution in [2.45, 2.75) is 6.42 Å². The molecule has 1 aliphatic heterocycles. The SMILES string of the molecule is O=C(CN1CCC(CO)C1)c1cc(Br)sc1Br. The van der Waals surface area contributed by atoms with E-state index >= 15 is 0 Å². The van der Waals surface area contributed by atoms with Gasteiger partial charge < -0.3 is 5.11 Å². The van der Waals surface area contributed by atoms with E-state index in [1.54, 1.807) is 0 Å². The summed E-state index contributed by atoms with van der Waals surface area (Å²) in [6, 6.07) is 1.86. The van der Waals surface area contributed by atoms with Crippen molar-refractivity contribution in [1.29, 1.82) is 0 Å². The van der Waals surface area contributed by atoms with E-state index in [0.29, 0.717) is 12.5 Å². The number of aliphatic hydroxyl groups is 1. The first-order valence-corrected chi connectivity index (χ1v) is 7.81. The Kier molecular flexibility index (Phi) is 4.77. The minimum atomic E-state index is 0.136. The fourth-order valence-electron chi connectivity index (χ4n) is 2.02. The topological polar surface area (TPSA) is 40.5 Å². The number of carbonyl (C=O) groups excluding carboxylic acids is 1. The summed E-state index contributed by atoms with van der Waals surface area (Å²) in [7, 11) is 0. The van der Waals surface area contributed by atoms with Gasteiger partial charge in [0.15, 0.2) is 5.78 Å². The molecule has 17 heavy (non-hydrogen) atoms. The molecule has 1 atom stereocenters. The first-order chi connectivity index (χ1) is 8.10. The zero-order valence-corrected chi connectivity index (χ0v) is 13.1. The van der Waals surface area contributed by atoms with Gasteiger partial charge in [-0.05, 0) is 56.8 Å². The van der Waals surface area contributed by atoms with E-state index in [2.05, 4.69) is 36.8 Å². The first kappa shape index (κ1) is 13.7. The second-order valence-electron chi connectivity index (χ2n) is 4.23. The molecule has 0 spiro atoms. The van der Waals surface area contributed by atoms with Crippen LogP contribution < -0.4 is 0 Å². The Morgan fingerprint density at radius 1 is 1.59 bits per heavy atom. The zero-order chi connectivity index (χ0) is 12.4. The Bertz CT molecular complexity index is 422. The van der Waals surface area contributed by atoms with Crippen LogP contribution in [0.5, 0.6) is 0 Å². The average molecular weight is 383 g/mol. The van der Waals surface area contributed by atoms with Crippen LogP contribution in [0.4, 0.5) is 0 Å². The Balaban J connectivity index is 1.96. The van der Waals surface area contributed by atoms with Crippen molar-refractivity contribution in [1.82, 2.24) is 4.90 Å². The molecule has 94 valence electrons. The van der Waals surface area contributed by atoms with Crippen LogP contribution in [0.15, 0.2) is 13.6 Å². The Morgan fingerprint density at radius 2 is 2.35 bits per heavy atom. The van der Waals surface area contributed by atoms with Gasteiger partial charge >= 0.3 is 0 Å². The normalized spacial score (nSPS) is 21.0. The monoisotopic (exact) mass is 381 g/mol. The average Bonchev–Trinajstić information content (AvgIpc) is 2.85. The number of rotatable bonds is 4. The molecule has 0 aromatic carbocycles. The summed E-state index contributed by atoms with van der Waals surface area (Å²) in [6.07, 6.45) is 0.984. The van der Waals surface area contributed by atoms with Crippen molar-refractivity contribution in [3.8, 4) is 0 Å². The van der Waals surface area contributed by atoms with Gasteiger partial charge in [0.2, 0.25) is 0 Å². The minimum absolute atomic E-state index is 0.136. The van der Waals surface area contributed by atoms with Crippen LogP contribution in [0.3, 0.4) is 0 Å².